The Morgan fingerprint density at radius 2 is 2.19 bits per heavy atom. The van der Waals surface area contributed by atoms with E-state index in [2.05, 4.69) is 10.3 Å². The normalized spacial score (nSPS) is 19.2. The van der Waals surface area contributed by atoms with Crippen molar-refractivity contribution in [2.45, 2.75) is 18.9 Å². The van der Waals surface area contributed by atoms with Crippen LogP contribution in [0.3, 0.4) is 0 Å². The van der Waals surface area contributed by atoms with Crippen LogP contribution in [0.4, 0.5) is 5.69 Å². The Kier molecular flexibility index (Phi) is 5.96. The second-order valence-corrected chi connectivity index (χ2v) is 6.64. The van der Waals surface area contributed by atoms with Crippen LogP contribution in [0, 0.1) is 0 Å². The summed E-state index contributed by atoms with van der Waals surface area (Å²) >= 11 is 6.02. The Morgan fingerprint density at radius 1 is 1.35 bits per heavy atom. The molecule has 138 valence electrons. The number of hydrogen-bond donors (Lipinski definition) is 2. The van der Waals surface area contributed by atoms with Crippen molar-refractivity contribution in [1.29, 1.82) is 0 Å². The summed E-state index contributed by atoms with van der Waals surface area (Å²) in [7, 11) is 3.31. The molecule has 0 spiro atoms. The molecule has 0 radical (unpaired) electrons. The number of hydrogen-bond acceptors (Lipinski definition) is 4. The number of anilines is 1. The molecule has 26 heavy (non-hydrogen) atoms. The van der Waals surface area contributed by atoms with Crippen molar-refractivity contribution in [3.63, 3.8) is 0 Å². The van der Waals surface area contributed by atoms with Crippen LogP contribution in [0.15, 0.2) is 36.5 Å². The number of amides is 1. The molecule has 1 unspecified atom stereocenters. The highest BCUT2D eigenvalue weighted by atomic mass is 35.5. The predicted molar refractivity (Wildman–Crippen MR) is 100 cm³/mol. The highest BCUT2D eigenvalue weighted by molar-refractivity contribution is 6.32. The summed E-state index contributed by atoms with van der Waals surface area (Å²) in [5, 5.41) is 3.14. The fraction of sp³-hybridized carbons (Fsp3) is 0.368. The van der Waals surface area contributed by atoms with Gasteiger partial charge in [-0.05, 0) is 30.3 Å². The molecule has 1 aliphatic rings. The number of quaternary nitrogens is 1. The van der Waals surface area contributed by atoms with Crippen molar-refractivity contribution >= 4 is 23.2 Å². The van der Waals surface area contributed by atoms with Gasteiger partial charge in [0.05, 0.1) is 32.0 Å². The van der Waals surface area contributed by atoms with Crippen molar-refractivity contribution in [2.75, 3.05) is 32.6 Å². The summed E-state index contributed by atoms with van der Waals surface area (Å²) in [6, 6.07) is 9.48. The number of nitrogens with one attached hydrogen (secondary N) is 2. The van der Waals surface area contributed by atoms with Crippen LogP contribution in [-0.2, 0) is 4.79 Å². The van der Waals surface area contributed by atoms with Gasteiger partial charge in [-0.3, -0.25) is 4.79 Å². The SMILES string of the molecule is COc1ccc(OC)c([C@H]2CCC[NH+]2CC(=O)Nc2cccnc2Cl)c1. The number of aromatic nitrogens is 1. The minimum atomic E-state index is -0.0799. The van der Waals surface area contributed by atoms with Crippen LogP contribution in [0.1, 0.15) is 24.4 Å². The van der Waals surface area contributed by atoms with Crippen molar-refractivity contribution in [2.24, 2.45) is 0 Å². The third-order valence-corrected chi connectivity index (χ3v) is 5.02. The second-order valence-electron chi connectivity index (χ2n) is 6.28. The lowest BCUT2D eigenvalue weighted by Crippen LogP contribution is -3.11. The van der Waals surface area contributed by atoms with Gasteiger partial charge in [-0.1, -0.05) is 11.6 Å². The highest BCUT2D eigenvalue weighted by Gasteiger charge is 2.34. The van der Waals surface area contributed by atoms with Crippen molar-refractivity contribution in [3.05, 3.63) is 47.2 Å². The lowest BCUT2D eigenvalue weighted by atomic mass is 10.0. The lowest BCUT2D eigenvalue weighted by molar-refractivity contribution is -0.910. The molecule has 6 nitrogen and oxygen atoms in total. The van der Waals surface area contributed by atoms with Crippen LogP contribution in [-0.4, -0.2) is 38.2 Å². The van der Waals surface area contributed by atoms with Gasteiger partial charge in [-0.15, -0.1) is 0 Å². The van der Waals surface area contributed by atoms with Gasteiger partial charge in [-0.2, -0.15) is 0 Å². The number of benzene rings is 1. The Bertz CT molecular complexity index is 784. The number of methoxy groups -OCH3 is 2. The maximum atomic E-state index is 12.5. The van der Waals surface area contributed by atoms with Gasteiger partial charge in [0, 0.05) is 19.0 Å². The van der Waals surface area contributed by atoms with Crippen LogP contribution < -0.4 is 19.7 Å². The highest BCUT2D eigenvalue weighted by Crippen LogP contribution is 2.31. The van der Waals surface area contributed by atoms with Gasteiger partial charge in [0.25, 0.3) is 5.91 Å². The van der Waals surface area contributed by atoms with Gasteiger partial charge >= 0.3 is 0 Å². The standard InChI is InChI=1S/C19H22ClN3O3/c1-25-13-7-8-17(26-2)14(11-13)16-6-4-10-23(16)12-18(24)22-15-5-3-9-21-19(15)20/h3,5,7-9,11,16H,4,6,10,12H2,1-2H3,(H,22,24)/p+1/t16-/m1/s1. The first-order valence-corrected chi connectivity index (χ1v) is 8.97. The van der Waals surface area contributed by atoms with E-state index in [1.165, 1.54) is 4.90 Å². The van der Waals surface area contributed by atoms with Crippen LogP contribution >= 0.6 is 11.6 Å². The Hall–Kier alpha value is -2.31. The molecule has 0 saturated carbocycles. The Labute approximate surface area is 158 Å². The largest absolute Gasteiger partial charge is 0.497 e. The van der Waals surface area contributed by atoms with Gasteiger partial charge in [0.2, 0.25) is 0 Å². The molecule has 1 saturated heterocycles. The maximum absolute atomic E-state index is 12.5. The predicted octanol–water partition coefficient (Wildman–Crippen LogP) is 2.11. The third kappa shape index (κ3) is 4.08. The van der Waals surface area contributed by atoms with Gasteiger partial charge in [-0.25, -0.2) is 4.98 Å². The fourth-order valence-corrected chi connectivity index (χ4v) is 3.66. The fourth-order valence-electron chi connectivity index (χ4n) is 3.49. The van der Waals surface area contributed by atoms with Crippen LogP contribution in [0.2, 0.25) is 5.15 Å². The molecule has 1 aromatic heterocycles. The average molecular weight is 377 g/mol. The topological polar surface area (TPSA) is 64.9 Å². The lowest BCUT2D eigenvalue weighted by Gasteiger charge is -2.23. The number of rotatable bonds is 6. The molecule has 0 bridgehead atoms. The van der Waals surface area contributed by atoms with Crippen molar-refractivity contribution in [1.82, 2.24) is 4.98 Å². The molecule has 2 N–H and O–H groups in total. The van der Waals surface area contributed by atoms with E-state index < -0.39 is 0 Å². The van der Waals surface area contributed by atoms with Crippen molar-refractivity contribution < 1.29 is 19.2 Å². The summed E-state index contributed by atoms with van der Waals surface area (Å²) in [5.41, 5.74) is 1.61. The van der Waals surface area contributed by atoms with Crippen LogP contribution in [0.5, 0.6) is 11.5 Å². The molecule has 1 aliphatic heterocycles. The number of likely N-dealkylation sites (tertiary alicyclic amines) is 1. The second kappa shape index (κ2) is 8.38. The van der Waals surface area contributed by atoms with Crippen molar-refractivity contribution in [3.8, 4) is 11.5 Å². The number of carbonyl (C=O) groups excluding carboxylic acids is 1. The Morgan fingerprint density at radius 3 is 2.92 bits per heavy atom. The first-order valence-electron chi connectivity index (χ1n) is 8.59. The molecule has 1 amide bonds. The summed E-state index contributed by atoms with van der Waals surface area (Å²) < 4.78 is 10.9. The number of nitrogens with zero attached hydrogens (tertiary/aromatic N) is 1. The summed E-state index contributed by atoms with van der Waals surface area (Å²) in [4.78, 5) is 17.7. The zero-order chi connectivity index (χ0) is 18.5. The average Bonchev–Trinajstić information content (AvgIpc) is 3.10. The smallest absolute Gasteiger partial charge is 0.279 e. The van der Waals surface area contributed by atoms with Gasteiger partial charge < -0.3 is 19.7 Å². The molecule has 2 atom stereocenters. The molecule has 1 fully saturated rings. The molecule has 3 rings (SSSR count). The molecule has 2 heterocycles. The first-order chi connectivity index (χ1) is 12.6. The van der Waals surface area contributed by atoms with E-state index in [4.69, 9.17) is 21.1 Å². The number of halogens is 1. The van der Waals surface area contributed by atoms with Gasteiger partial charge in [0.15, 0.2) is 11.7 Å². The third-order valence-electron chi connectivity index (χ3n) is 4.72. The number of ether oxygens (including phenoxy) is 2. The monoisotopic (exact) mass is 376 g/mol. The quantitative estimate of drug-likeness (QED) is 0.758. The first kappa shape index (κ1) is 18.5. The van der Waals surface area contributed by atoms with E-state index in [1.807, 2.05) is 18.2 Å². The van der Waals surface area contributed by atoms with E-state index in [1.54, 1.807) is 32.5 Å². The minimum absolute atomic E-state index is 0.0799. The minimum Gasteiger partial charge on any atom is -0.497 e. The van der Waals surface area contributed by atoms with E-state index in [0.717, 1.165) is 36.4 Å². The molecule has 0 aliphatic carbocycles. The molecule has 2 aromatic rings. The zero-order valence-corrected chi connectivity index (χ0v) is 15.7. The maximum Gasteiger partial charge on any atom is 0.279 e. The Balaban J connectivity index is 1.74. The van der Waals surface area contributed by atoms with Crippen LogP contribution in [0.25, 0.3) is 0 Å². The van der Waals surface area contributed by atoms with Gasteiger partial charge in [0.1, 0.15) is 17.5 Å². The van der Waals surface area contributed by atoms with E-state index in [9.17, 15) is 4.79 Å². The van der Waals surface area contributed by atoms with E-state index in [-0.39, 0.29) is 11.9 Å². The summed E-state index contributed by atoms with van der Waals surface area (Å²) in [6.07, 6.45) is 3.65. The number of carbonyl (C=O) groups is 1. The zero-order valence-electron chi connectivity index (χ0n) is 14.9. The molecule has 7 heteroatoms. The van der Waals surface area contributed by atoms with E-state index >= 15 is 0 Å². The summed E-state index contributed by atoms with van der Waals surface area (Å²) in [5.74, 6) is 1.54. The van der Waals surface area contributed by atoms with E-state index in [0.29, 0.717) is 17.4 Å². The number of pyridine rings is 1. The molecular weight excluding hydrogens is 354 g/mol. The summed E-state index contributed by atoms with van der Waals surface area (Å²) in [6.45, 7) is 1.29. The molecular formula is C19H23ClN3O3+. The molecule has 1 aromatic carbocycles.